The number of carbonyl (C=O) groups is 2. The van der Waals surface area contributed by atoms with Crippen LogP contribution < -0.4 is 5.32 Å². The van der Waals surface area contributed by atoms with Gasteiger partial charge >= 0.3 is 0 Å². The summed E-state index contributed by atoms with van der Waals surface area (Å²) in [6.07, 6.45) is 6.40. The SMILES string of the molecule is CC(C)NC(=O)C(=O)c1ccc(C2CCCCC2)cc1. The van der Waals surface area contributed by atoms with Gasteiger partial charge in [-0.25, -0.2) is 0 Å². The molecule has 1 saturated carbocycles. The van der Waals surface area contributed by atoms with Gasteiger partial charge in [0, 0.05) is 11.6 Å². The summed E-state index contributed by atoms with van der Waals surface area (Å²) in [6.45, 7) is 3.69. The van der Waals surface area contributed by atoms with Crippen LogP contribution in [0.4, 0.5) is 0 Å². The largest absolute Gasteiger partial charge is 0.347 e. The smallest absolute Gasteiger partial charge is 0.292 e. The molecule has 0 saturated heterocycles. The van der Waals surface area contributed by atoms with E-state index in [9.17, 15) is 9.59 Å². The Morgan fingerprint density at radius 2 is 1.65 bits per heavy atom. The minimum absolute atomic E-state index is 0.0204. The predicted octanol–water partition coefficient (Wildman–Crippen LogP) is 3.44. The molecular weight excluding hydrogens is 250 g/mol. The van der Waals surface area contributed by atoms with Crippen LogP contribution in [0.1, 0.15) is 67.8 Å². The molecule has 1 N–H and O–H groups in total. The fraction of sp³-hybridized carbons (Fsp3) is 0.529. The summed E-state index contributed by atoms with van der Waals surface area (Å²) >= 11 is 0. The van der Waals surface area contributed by atoms with E-state index >= 15 is 0 Å². The maximum Gasteiger partial charge on any atom is 0.292 e. The summed E-state index contributed by atoms with van der Waals surface area (Å²) in [6, 6.07) is 7.56. The second-order valence-corrected chi connectivity index (χ2v) is 5.91. The van der Waals surface area contributed by atoms with Crippen molar-refractivity contribution in [2.45, 2.75) is 57.9 Å². The van der Waals surface area contributed by atoms with Crippen molar-refractivity contribution >= 4 is 11.7 Å². The summed E-state index contributed by atoms with van der Waals surface area (Å²) in [5.74, 6) is -0.350. The van der Waals surface area contributed by atoms with Gasteiger partial charge in [-0.2, -0.15) is 0 Å². The third-order valence-electron chi connectivity index (χ3n) is 3.88. The average molecular weight is 273 g/mol. The highest BCUT2D eigenvalue weighted by Gasteiger charge is 2.19. The van der Waals surface area contributed by atoms with Gasteiger partial charge in [0.2, 0.25) is 5.78 Å². The van der Waals surface area contributed by atoms with Crippen LogP contribution in [0.15, 0.2) is 24.3 Å². The van der Waals surface area contributed by atoms with Crippen LogP contribution in [0.5, 0.6) is 0 Å². The summed E-state index contributed by atoms with van der Waals surface area (Å²) in [5, 5.41) is 2.63. The van der Waals surface area contributed by atoms with E-state index in [1.165, 1.54) is 37.7 Å². The highest BCUT2D eigenvalue weighted by molar-refractivity contribution is 6.42. The van der Waals surface area contributed by atoms with Gasteiger partial charge in [-0.1, -0.05) is 43.5 Å². The Bertz CT molecular complexity index is 470. The molecule has 3 nitrogen and oxygen atoms in total. The molecule has 0 atom stereocenters. The van der Waals surface area contributed by atoms with Crippen LogP contribution in [0.2, 0.25) is 0 Å². The molecule has 1 amide bonds. The van der Waals surface area contributed by atoms with E-state index in [-0.39, 0.29) is 6.04 Å². The van der Waals surface area contributed by atoms with E-state index in [0.717, 1.165) is 0 Å². The van der Waals surface area contributed by atoms with E-state index in [1.807, 2.05) is 26.0 Å². The van der Waals surface area contributed by atoms with Gasteiger partial charge in [0.15, 0.2) is 0 Å². The third kappa shape index (κ3) is 3.69. The first-order valence-electron chi connectivity index (χ1n) is 7.53. The highest BCUT2D eigenvalue weighted by Crippen LogP contribution is 2.32. The number of nitrogens with one attached hydrogen (secondary N) is 1. The zero-order chi connectivity index (χ0) is 14.5. The number of rotatable bonds is 4. The van der Waals surface area contributed by atoms with Crippen molar-refractivity contribution in [3.05, 3.63) is 35.4 Å². The van der Waals surface area contributed by atoms with Gasteiger partial charge in [-0.3, -0.25) is 9.59 Å². The summed E-state index contributed by atoms with van der Waals surface area (Å²) in [7, 11) is 0. The predicted molar refractivity (Wildman–Crippen MR) is 79.9 cm³/mol. The molecule has 1 aromatic carbocycles. The Labute approximate surface area is 120 Å². The van der Waals surface area contributed by atoms with Crippen molar-refractivity contribution in [3.63, 3.8) is 0 Å². The number of hydrogen-bond acceptors (Lipinski definition) is 2. The van der Waals surface area contributed by atoms with Crippen LogP contribution in [-0.2, 0) is 4.79 Å². The molecule has 0 unspecified atom stereocenters. The molecule has 108 valence electrons. The molecule has 1 aromatic rings. The second kappa shape index (κ2) is 6.69. The molecule has 0 spiro atoms. The molecule has 20 heavy (non-hydrogen) atoms. The van der Waals surface area contributed by atoms with Crippen molar-refractivity contribution in [3.8, 4) is 0 Å². The number of amides is 1. The van der Waals surface area contributed by atoms with Gasteiger partial charge in [-0.05, 0) is 38.2 Å². The first kappa shape index (κ1) is 14.8. The molecule has 0 heterocycles. The second-order valence-electron chi connectivity index (χ2n) is 5.91. The van der Waals surface area contributed by atoms with Crippen molar-refractivity contribution in [1.82, 2.24) is 5.32 Å². The Kier molecular flexibility index (Phi) is 4.94. The molecule has 3 heteroatoms. The molecule has 0 aromatic heterocycles. The number of benzene rings is 1. The Balaban J connectivity index is 2.03. The first-order chi connectivity index (χ1) is 9.58. The molecule has 0 radical (unpaired) electrons. The Morgan fingerprint density at radius 1 is 1.05 bits per heavy atom. The molecular formula is C17H23NO2. The van der Waals surface area contributed by atoms with Gasteiger partial charge in [0.25, 0.3) is 5.91 Å². The van der Waals surface area contributed by atoms with E-state index < -0.39 is 11.7 Å². The van der Waals surface area contributed by atoms with Crippen LogP contribution in [0, 0.1) is 0 Å². The standard InChI is InChI=1S/C17H23NO2/c1-12(2)18-17(20)16(19)15-10-8-14(9-11-15)13-6-4-3-5-7-13/h8-13H,3-7H2,1-2H3,(H,18,20). The normalized spacial score (nSPS) is 16.1. The molecule has 1 aliphatic rings. The fourth-order valence-corrected chi connectivity index (χ4v) is 2.80. The lowest BCUT2D eigenvalue weighted by atomic mass is 9.84. The summed E-state index contributed by atoms with van der Waals surface area (Å²) in [4.78, 5) is 23.6. The summed E-state index contributed by atoms with van der Waals surface area (Å²) in [5.41, 5.74) is 1.77. The van der Waals surface area contributed by atoms with E-state index in [0.29, 0.717) is 11.5 Å². The monoisotopic (exact) mass is 273 g/mol. The van der Waals surface area contributed by atoms with Crippen LogP contribution in [-0.4, -0.2) is 17.7 Å². The molecule has 0 bridgehead atoms. The van der Waals surface area contributed by atoms with E-state index in [1.54, 1.807) is 12.1 Å². The van der Waals surface area contributed by atoms with Crippen molar-refractivity contribution in [2.75, 3.05) is 0 Å². The van der Waals surface area contributed by atoms with Crippen LogP contribution in [0.25, 0.3) is 0 Å². The molecule has 1 aliphatic carbocycles. The van der Waals surface area contributed by atoms with Gasteiger partial charge < -0.3 is 5.32 Å². The van der Waals surface area contributed by atoms with Gasteiger partial charge in [-0.15, -0.1) is 0 Å². The maximum atomic E-state index is 12.0. The minimum Gasteiger partial charge on any atom is -0.347 e. The number of Topliss-reactive ketones (excluding diaryl/α,β-unsaturated/α-hetero) is 1. The van der Waals surface area contributed by atoms with E-state index in [2.05, 4.69) is 5.32 Å². The Morgan fingerprint density at radius 3 is 2.20 bits per heavy atom. The maximum absolute atomic E-state index is 12.0. The fourth-order valence-electron chi connectivity index (χ4n) is 2.80. The molecule has 2 rings (SSSR count). The lowest BCUT2D eigenvalue weighted by Crippen LogP contribution is -2.35. The lowest BCUT2D eigenvalue weighted by Gasteiger charge is -2.22. The Hall–Kier alpha value is -1.64. The van der Waals surface area contributed by atoms with Crippen LogP contribution >= 0.6 is 0 Å². The minimum atomic E-state index is -0.523. The van der Waals surface area contributed by atoms with E-state index in [4.69, 9.17) is 0 Å². The first-order valence-corrected chi connectivity index (χ1v) is 7.53. The van der Waals surface area contributed by atoms with Crippen molar-refractivity contribution in [1.29, 1.82) is 0 Å². The molecule has 0 aliphatic heterocycles. The zero-order valence-electron chi connectivity index (χ0n) is 12.3. The quantitative estimate of drug-likeness (QED) is 0.674. The number of hydrogen-bond donors (Lipinski definition) is 1. The highest BCUT2D eigenvalue weighted by atomic mass is 16.2. The third-order valence-corrected chi connectivity index (χ3v) is 3.88. The number of ketones is 1. The number of carbonyl (C=O) groups excluding carboxylic acids is 2. The zero-order valence-corrected chi connectivity index (χ0v) is 12.3. The molecule has 1 fully saturated rings. The van der Waals surface area contributed by atoms with Gasteiger partial charge in [0.1, 0.15) is 0 Å². The van der Waals surface area contributed by atoms with Gasteiger partial charge in [0.05, 0.1) is 0 Å². The average Bonchev–Trinajstić information content (AvgIpc) is 2.47. The van der Waals surface area contributed by atoms with Crippen molar-refractivity contribution in [2.24, 2.45) is 0 Å². The topological polar surface area (TPSA) is 46.2 Å². The lowest BCUT2D eigenvalue weighted by molar-refractivity contribution is -0.117. The summed E-state index contributed by atoms with van der Waals surface area (Å²) < 4.78 is 0. The van der Waals surface area contributed by atoms with Crippen LogP contribution in [0.3, 0.4) is 0 Å². The van der Waals surface area contributed by atoms with Crippen molar-refractivity contribution < 1.29 is 9.59 Å².